The fourth-order valence-corrected chi connectivity index (χ4v) is 3.06. The SMILES string of the molecule is Cc1cc(Cc2cccc(F)c2)nc(Cc2cccc(F)c2)c1C(N)=O. The van der Waals surface area contributed by atoms with E-state index in [1.54, 1.807) is 31.2 Å². The fraction of sp³-hybridized carbons (Fsp3) is 0.143. The van der Waals surface area contributed by atoms with Crippen molar-refractivity contribution in [2.45, 2.75) is 19.8 Å². The van der Waals surface area contributed by atoms with Crippen LogP contribution in [0.5, 0.6) is 0 Å². The molecule has 2 aromatic carbocycles. The summed E-state index contributed by atoms with van der Waals surface area (Å²) in [6, 6.07) is 14.2. The van der Waals surface area contributed by atoms with Gasteiger partial charge in [0.05, 0.1) is 11.3 Å². The number of amides is 1. The average molecular weight is 352 g/mol. The molecule has 0 unspecified atom stereocenters. The quantitative estimate of drug-likeness (QED) is 0.756. The molecule has 1 aromatic heterocycles. The van der Waals surface area contributed by atoms with E-state index in [2.05, 4.69) is 4.98 Å². The van der Waals surface area contributed by atoms with Crippen LogP contribution in [0.25, 0.3) is 0 Å². The molecular formula is C21H18F2N2O. The van der Waals surface area contributed by atoms with Gasteiger partial charge in [0, 0.05) is 18.5 Å². The summed E-state index contributed by atoms with van der Waals surface area (Å²) in [6.45, 7) is 1.78. The lowest BCUT2D eigenvalue weighted by atomic mass is 9.98. The van der Waals surface area contributed by atoms with E-state index in [0.29, 0.717) is 34.5 Å². The molecule has 0 saturated heterocycles. The minimum atomic E-state index is -0.571. The van der Waals surface area contributed by atoms with Crippen LogP contribution in [0.15, 0.2) is 54.6 Å². The number of primary amides is 1. The van der Waals surface area contributed by atoms with Crippen LogP contribution in [0.4, 0.5) is 8.78 Å². The van der Waals surface area contributed by atoms with Gasteiger partial charge in [0.15, 0.2) is 0 Å². The molecule has 2 N–H and O–H groups in total. The Morgan fingerprint density at radius 2 is 1.54 bits per heavy atom. The molecular weight excluding hydrogens is 334 g/mol. The Bertz CT molecular complexity index is 970. The molecule has 132 valence electrons. The van der Waals surface area contributed by atoms with Crippen LogP contribution >= 0.6 is 0 Å². The molecule has 0 aliphatic carbocycles. The summed E-state index contributed by atoms with van der Waals surface area (Å²) in [7, 11) is 0. The lowest BCUT2D eigenvalue weighted by Gasteiger charge is -2.13. The molecule has 3 nitrogen and oxygen atoms in total. The molecule has 0 bridgehead atoms. The first kappa shape index (κ1) is 17.7. The Kier molecular flexibility index (Phi) is 5.07. The van der Waals surface area contributed by atoms with E-state index in [-0.39, 0.29) is 18.1 Å². The maximum absolute atomic E-state index is 13.5. The molecule has 0 fully saturated rings. The number of carbonyl (C=O) groups is 1. The maximum Gasteiger partial charge on any atom is 0.250 e. The summed E-state index contributed by atoms with van der Waals surface area (Å²) in [5.74, 6) is -1.23. The predicted octanol–water partition coefficient (Wildman–Crippen LogP) is 3.95. The third-order valence-electron chi connectivity index (χ3n) is 4.13. The number of hydrogen-bond acceptors (Lipinski definition) is 2. The van der Waals surface area contributed by atoms with E-state index in [4.69, 9.17) is 5.73 Å². The Labute approximate surface area is 150 Å². The number of aromatic nitrogens is 1. The Morgan fingerprint density at radius 1 is 0.962 bits per heavy atom. The number of rotatable bonds is 5. The van der Waals surface area contributed by atoms with Gasteiger partial charge in [0.2, 0.25) is 0 Å². The number of benzene rings is 2. The fourth-order valence-electron chi connectivity index (χ4n) is 3.06. The van der Waals surface area contributed by atoms with Gasteiger partial charge in [-0.1, -0.05) is 24.3 Å². The topological polar surface area (TPSA) is 56.0 Å². The van der Waals surface area contributed by atoms with Crippen LogP contribution in [0, 0.1) is 18.6 Å². The smallest absolute Gasteiger partial charge is 0.250 e. The number of hydrogen-bond donors (Lipinski definition) is 1. The third-order valence-corrected chi connectivity index (χ3v) is 4.13. The van der Waals surface area contributed by atoms with Crippen LogP contribution in [0.3, 0.4) is 0 Å². The van der Waals surface area contributed by atoms with Crippen molar-refractivity contribution in [1.29, 1.82) is 0 Å². The first-order valence-corrected chi connectivity index (χ1v) is 8.20. The van der Waals surface area contributed by atoms with Crippen molar-refractivity contribution >= 4 is 5.91 Å². The Hall–Kier alpha value is -3.08. The highest BCUT2D eigenvalue weighted by molar-refractivity contribution is 5.95. The number of aryl methyl sites for hydroxylation is 1. The Morgan fingerprint density at radius 3 is 2.08 bits per heavy atom. The van der Waals surface area contributed by atoms with Gasteiger partial charge < -0.3 is 5.73 Å². The van der Waals surface area contributed by atoms with Crippen LogP contribution in [0.2, 0.25) is 0 Å². The second-order valence-electron chi connectivity index (χ2n) is 6.23. The van der Waals surface area contributed by atoms with Gasteiger partial charge in [-0.25, -0.2) is 8.78 Å². The van der Waals surface area contributed by atoms with Gasteiger partial charge in [0.25, 0.3) is 5.91 Å². The van der Waals surface area contributed by atoms with Crippen molar-refractivity contribution in [1.82, 2.24) is 4.98 Å². The summed E-state index contributed by atoms with van der Waals surface area (Å²) in [5, 5.41) is 0. The summed E-state index contributed by atoms with van der Waals surface area (Å²) in [4.78, 5) is 16.4. The Balaban J connectivity index is 2.00. The van der Waals surface area contributed by atoms with Crippen molar-refractivity contribution in [2.24, 2.45) is 5.73 Å². The van der Waals surface area contributed by atoms with Crippen molar-refractivity contribution in [3.63, 3.8) is 0 Å². The largest absolute Gasteiger partial charge is 0.366 e. The highest BCUT2D eigenvalue weighted by atomic mass is 19.1. The molecule has 0 radical (unpaired) electrons. The van der Waals surface area contributed by atoms with Crippen LogP contribution in [-0.4, -0.2) is 10.9 Å². The first-order valence-electron chi connectivity index (χ1n) is 8.20. The number of nitrogens with zero attached hydrogens (tertiary/aromatic N) is 1. The highest BCUT2D eigenvalue weighted by Crippen LogP contribution is 2.20. The maximum atomic E-state index is 13.5. The molecule has 0 aliphatic heterocycles. The van der Waals surface area contributed by atoms with E-state index < -0.39 is 5.91 Å². The molecule has 3 aromatic rings. The average Bonchev–Trinajstić information content (AvgIpc) is 2.54. The zero-order valence-electron chi connectivity index (χ0n) is 14.3. The van der Waals surface area contributed by atoms with E-state index in [9.17, 15) is 13.6 Å². The number of nitrogens with two attached hydrogens (primary N) is 1. The molecule has 3 rings (SSSR count). The third kappa shape index (κ3) is 4.11. The number of carbonyl (C=O) groups excluding carboxylic acids is 1. The predicted molar refractivity (Wildman–Crippen MR) is 95.9 cm³/mol. The summed E-state index contributed by atoms with van der Waals surface area (Å²) in [5.41, 5.74) is 9.23. The minimum absolute atomic E-state index is 0.286. The molecule has 0 atom stereocenters. The van der Waals surface area contributed by atoms with Crippen molar-refractivity contribution in [2.75, 3.05) is 0 Å². The molecule has 26 heavy (non-hydrogen) atoms. The van der Waals surface area contributed by atoms with Crippen LogP contribution in [-0.2, 0) is 12.8 Å². The monoisotopic (exact) mass is 352 g/mol. The second-order valence-corrected chi connectivity index (χ2v) is 6.23. The van der Waals surface area contributed by atoms with Crippen molar-refractivity contribution in [3.05, 3.63) is 99.9 Å². The van der Waals surface area contributed by atoms with E-state index in [1.807, 2.05) is 6.07 Å². The molecule has 1 heterocycles. The normalized spacial score (nSPS) is 10.7. The van der Waals surface area contributed by atoms with Crippen molar-refractivity contribution in [3.8, 4) is 0 Å². The van der Waals surface area contributed by atoms with Gasteiger partial charge in [-0.2, -0.15) is 0 Å². The summed E-state index contributed by atoms with van der Waals surface area (Å²) < 4.78 is 26.9. The minimum Gasteiger partial charge on any atom is -0.366 e. The molecule has 0 spiro atoms. The lowest BCUT2D eigenvalue weighted by Crippen LogP contribution is -2.18. The lowest BCUT2D eigenvalue weighted by molar-refractivity contribution is 0.0998. The van der Waals surface area contributed by atoms with Gasteiger partial charge in [-0.05, 0) is 53.9 Å². The molecule has 0 aliphatic rings. The van der Waals surface area contributed by atoms with Gasteiger partial charge in [-0.15, -0.1) is 0 Å². The van der Waals surface area contributed by atoms with Gasteiger partial charge >= 0.3 is 0 Å². The summed E-state index contributed by atoms with van der Waals surface area (Å²) in [6.07, 6.45) is 0.710. The van der Waals surface area contributed by atoms with E-state index >= 15 is 0 Å². The molecule has 5 heteroatoms. The zero-order valence-corrected chi connectivity index (χ0v) is 14.3. The number of halogens is 2. The van der Waals surface area contributed by atoms with Gasteiger partial charge in [0.1, 0.15) is 11.6 Å². The van der Waals surface area contributed by atoms with Gasteiger partial charge in [-0.3, -0.25) is 9.78 Å². The second kappa shape index (κ2) is 7.44. The standard InChI is InChI=1S/C21H18F2N2O/c1-13-8-18(11-14-4-2-6-16(22)9-14)25-19(20(13)21(24)26)12-15-5-3-7-17(23)10-15/h2-10H,11-12H2,1H3,(H2,24,26). The zero-order chi connectivity index (χ0) is 18.7. The first-order chi connectivity index (χ1) is 12.4. The number of pyridine rings is 1. The summed E-state index contributed by atoms with van der Waals surface area (Å²) >= 11 is 0. The van der Waals surface area contributed by atoms with E-state index in [0.717, 1.165) is 5.56 Å². The highest BCUT2D eigenvalue weighted by Gasteiger charge is 2.16. The van der Waals surface area contributed by atoms with Crippen LogP contribution < -0.4 is 5.73 Å². The molecule has 0 saturated carbocycles. The molecule has 1 amide bonds. The van der Waals surface area contributed by atoms with Crippen LogP contribution in [0.1, 0.15) is 38.4 Å². The van der Waals surface area contributed by atoms with E-state index in [1.165, 1.54) is 24.3 Å². The van der Waals surface area contributed by atoms with Crippen molar-refractivity contribution < 1.29 is 13.6 Å².